The van der Waals surface area contributed by atoms with E-state index in [0.29, 0.717) is 29.9 Å². The fourth-order valence-electron chi connectivity index (χ4n) is 3.87. The fourth-order valence-corrected chi connectivity index (χ4v) is 3.87. The summed E-state index contributed by atoms with van der Waals surface area (Å²) in [7, 11) is 0. The predicted molar refractivity (Wildman–Crippen MR) is 107 cm³/mol. The van der Waals surface area contributed by atoms with E-state index in [-0.39, 0.29) is 29.2 Å². The van der Waals surface area contributed by atoms with Crippen molar-refractivity contribution in [3.8, 4) is 11.3 Å². The molecule has 0 spiro atoms. The Labute approximate surface area is 167 Å². The molecule has 2 aromatic heterocycles. The average molecular weight is 402 g/mol. The van der Waals surface area contributed by atoms with E-state index in [0.717, 1.165) is 12.7 Å². The van der Waals surface area contributed by atoms with Gasteiger partial charge >= 0.3 is 0 Å². The molecule has 2 atom stereocenters. The van der Waals surface area contributed by atoms with E-state index in [2.05, 4.69) is 25.6 Å². The van der Waals surface area contributed by atoms with Crippen LogP contribution in [0.25, 0.3) is 22.3 Å². The number of anilines is 1. The summed E-state index contributed by atoms with van der Waals surface area (Å²) in [6.07, 6.45) is 1.15. The van der Waals surface area contributed by atoms with Gasteiger partial charge in [-0.1, -0.05) is 0 Å². The minimum Gasteiger partial charge on any atom is -0.390 e. The lowest BCUT2D eigenvalue weighted by atomic mass is 10.0. The van der Waals surface area contributed by atoms with Gasteiger partial charge in [0.1, 0.15) is 17.0 Å². The van der Waals surface area contributed by atoms with E-state index in [4.69, 9.17) is 0 Å². The van der Waals surface area contributed by atoms with Gasteiger partial charge in [-0.15, -0.1) is 0 Å². The van der Waals surface area contributed by atoms with Gasteiger partial charge in [0.2, 0.25) is 5.95 Å². The topological polar surface area (TPSA) is 87.9 Å². The normalized spacial score (nSPS) is 19.8. The van der Waals surface area contributed by atoms with Crippen LogP contribution in [0.15, 0.2) is 18.3 Å². The number of hydrogen-bond donors (Lipinski definition) is 3. The van der Waals surface area contributed by atoms with Crippen molar-refractivity contribution < 1.29 is 13.9 Å². The molecule has 4 rings (SSSR count). The third-order valence-electron chi connectivity index (χ3n) is 5.22. The van der Waals surface area contributed by atoms with Crippen LogP contribution in [0, 0.1) is 18.6 Å². The largest absolute Gasteiger partial charge is 0.390 e. The number of piperidine rings is 1. The lowest BCUT2D eigenvalue weighted by molar-refractivity contribution is 0.128. The first kappa shape index (κ1) is 19.7. The Balaban J connectivity index is 1.76. The second-order valence-electron chi connectivity index (χ2n) is 7.65. The van der Waals surface area contributed by atoms with E-state index in [1.165, 1.54) is 6.07 Å². The molecule has 0 bridgehead atoms. The summed E-state index contributed by atoms with van der Waals surface area (Å²) >= 11 is 0. The summed E-state index contributed by atoms with van der Waals surface area (Å²) in [6, 6.07) is 2.78. The highest BCUT2D eigenvalue weighted by atomic mass is 19.1. The Morgan fingerprint density at radius 2 is 2.03 bits per heavy atom. The highest BCUT2D eigenvalue weighted by Crippen LogP contribution is 2.30. The van der Waals surface area contributed by atoms with Crippen LogP contribution >= 0.6 is 0 Å². The molecule has 1 saturated heterocycles. The van der Waals surface area contributed by atoms with Crippen molar-refractivity contribution in [2.24, 2.45) is 0 Å². The number of halogens is 2. The molecule has 0 unspecified atom stereocenters. The molecule has 1 aliphatic rings. The molecule has 3 aromatic rings. The van der Waals surface area contributed by atoms with Gasteiger partial charge in [0.25, 0.3) is 0 Å². The third kappa shape index (κ3) is 3.67. The first-order valence-corrected chi connectivity index (χ1v) is 9.71. The summed E-state index contributed by atoms with van der Waals surface area (Å²) in [4.78, 5) is 12.6. The van der Waals surface area contributed by atoms with Crippen molar-refractivity contribution in [2.75, 3.05) is 18.4 Å². The summed E-state index contributed by atoms with van der Waals surface area (Å²) in [5.74, 6) is -0.286. The van der Waals surface area contributed by atoms with Gasteiger partial charge in [-0.2, -0.15) is 0 Å². The predicted octanol–water partition coefficient (Wildman–Crippen LogP) is 2.80. The molecular weight excluding hydrogens is 378 g/mol. The van der Waals surface area contributed by atoms with Gasteiger partial charge in [0.05, 0.1) is 23.9 Å². The minimum absolute atomic E-state index is 0.000818. The standard InChI is InChI=1S/C20H24F2N6O/c1-10(2)28-11(3)25-19-13(21)6-12(7-16(19)28)18-14(22)8-24-20(27-18)26-15-4-5-23-9-17(15)29/h6-8,10,15,17,23,29H,4-5,9H2,1-3H3,(H,24,26,27)/t15-,17-/m1/s1. The number of aliphatic hydroxyl groups is 1. The number of nitrogens with one attached hydrogen (secondary N) is 2. The zero-order chi connectivity index (χ0) is 20.7. The summed E-state index contributed by atoms with van der Waals surface area (Å²) < 4.78 is 31.2. The molecule has 154 valence electrons. The first-order chi connectivity index (χ1) is 13.8. The number of aromatic nitrogens is 4. The maximum atomic E-state index is 14.7. The maximum Gasteiger partial charge on any atom is 0.223 e. The van der Waals surface area contributed by atoms with Gasteiger partial charge in [-0.05, 0) is 45.9 Å². The number of aliphatic hydroxyl groups excluding tert-OH is 1. The fraction of sp³-hybridized carbons (Fsp3) is 0.450. The van der Waals surface area contributed by atoms with Crippen LogP contribution in [0.3, 0.4) is 0 Å². The molecule has 0 amide bonds. The number of β-amino-alcohol motifs (C(OH)–C–C–N with tert-alkyl or cyclic N) is 1. The second kappa shape index (κ2) is 7.64. The Bertz CT molecular complexity index is 1050. The summed E-state index contributed by atoms with van der Waals surface area (Å²) in [5, 5.41) is 16.3. The third-order valence-corrected chi connectivity index (χ3v) is 5.22. The smallest absolute Gasteiger partial charge is 0.223 e. The Hall–Kier alpha value is -2.65. The summed E-state index contributed by atoms with van der Waals surface area (Å²) in [6.45, 7) is 7.00. The SMILES string of the molecule is Cc1nc2c(F)cc(-c3nc(N[C@@H]4CCNC[C@H]4O)ncc3F)cc2n1C(C)C. The van der Waals surface area contributed by atoms with E-state index in [9.17, 15) is 13.9 Å². The number of rotatable bonds is 4. The quantitative estimate of drug-likeness (QED) is 0.622. The van der Waals surface area contributed by atoms with Crippen LogP contribution < -0.4 is 10.6 Å². The number of hydrogen-bond acceptors (Lipinski definition) is 6. The van der Waals surface area contributed by atoms with Crippen molar-refractivity contribution in [3.63, 3.8) is 0 Å². The lowest BCUT2D eigenvalue weighted by Crippen LogP contribution is -2.47. The molecule has 1 fully saturated rings. The lowest BCUT2D eigenvalue weighted by Gasteiger charge is -2.29. The summed E-state index contributed by atoms with van der Waals surface area (Å²) in [5.41, 5.74) is 1.16. The van der Waals surface area contributed by atoms with Crippen molar-refractivity contribution >= 4 is 17.0 Å². The molecule has 29 heavy (non-hydrogen) atoms. The average Bonchev–Trinajstić information content (AvgIpc) is 3.02. The number of nitrogens with zero attached hydrogens (tertiary/aromatic N) is 4. The van der Waals surface area contributed by atoms with Crippen LogP contribution in [-0.4, -0.2) is 49.9 Å². The van der Waals surface area contributed by atoms with E-state index in [1.54, 1.807) is 6.07 Å². The van der Waals surface area contributed by atoms with Crippen LogP contribution in [0.2, 0.25) is 0 Å². The maximum absolute atomic E-state index is 14.7. The molecule has 0 radical (unpaired) electrons. The highest BCUT2D eigenvalue weighted by Gasteiger charge is 2.24. The molecule has 1 aliphatic heterocycles. The molecule has 0 saturated carbocycles. The molecule has 7 nitrogen and oxygen atoms in total. The number of fused-ring (bicyclic) bond motifs is 1. The van der Waals surface area contributed by atoms with Gasteiger partial charge in [0, 0.05) is 18.2 Å². The highest BCUT2D eigenvalue weighted by molar-refractivity contribution is 5.83. The van der Waals surface area contributed by atoms with Crippen molar-refractivity contribution in [1.82, 2.24) is 24.8 Å². The van der Waals surface area contributed by atoms with Crippen molar-refractivity contribution in [3.05, 3.63) is 35.8 Å². The van der Waals surface area contributed by atoms with Crippen LogP contribution in [0.4, 0.5) is 14.7 Å². The number of benzene rings is 1. The van der Waals surface area contributed by atoms with E-state index >= 15 is 0 Å². The van der Waals surface area contributed by atoms with Crippen LogP contribution in [0.5, 0.6) is 0 Å². The number of imidazole rings is 1. The van der Waals surface area contributed by atoms with Gasteiger partial charge < -0.3 is 20.3 Å². The monoisotopic (exact) mass is 402 g/mol. The zero-order valence-corrected chi connectivity index (χ0v) is 16.6. The van der Waals surface area contributed by atoms with E-state index in [1.807, 2.05) is 25.3 Å². The van der Waals surface area contributed by atoms with Gasteiger partial charge in [-0.25, -0.2) is 23.7 Å². The van der Waals surface area contributed by atoms with E-state index < -0.39 is 17.7 Å². The molecule has 1 aromatic carbocycles. The second-order valence-corrected chi connectivity index (χ2v) is 7.65. The molecule has 3 heterocycles. The van der Waals surface area contributed by atoms with Crippen molar-refractivity contribution in [1.29, 1.82) is 0 Å². The minimum atomic E-state index is -0.646. The first-order valence-electron chi connectivity index (χ1n) is 9.71. The van der Waals surface area contributed by atoms with Crippen molar-refractivity contribution in [2.45, 2.75) is 45.4 Å². The molecule has 0 aliphatic carbocycles. The number of aryl methyl sites for hydroxylation is 1. The van der Waals surface area contributed by atoms with Gasteiger partial charge in [0.15, 0.2) is 11.6 Å². The molecule has 3 N–H and O–H groups in total. The molecule has 9 heteroatoms. The zero-order valence-electron chi connectivity index (χ0n) is 16.6. The van der Waals surface area contributed by atoms with Gasteiger partial charge in [-0.3, -0.25) is 0 Å². The van der Waals surface area contributed by atoms with Crippen LogP contribution in [0.1, 0.15) is 32.1 Å². The Kier molecular flexibility index (Phi) is 5.18. The Morgan fingerprint density at radius 1 is 1.24 bits per heavy atom. The molecular formula is C20H24F2N6O. The van der Waals surface area contributed by atoms with Crippen LogP contribution in [-0.2, 0) is 0 Å². The Morgan fingerprint density at radius 3 is 2.76 bits per heavy atom.